The number of ether oxygens (including phenoxy) is 1. The first-order valence-corrected chi connectivity index (χ1v) is 7.43. The van der Waals surface area contributed by atoms with Gasteiger partial charge in [-0.15, -0.1) is 11.3 Å². The molecule has 1 aliphatic heterocycles. The molecule has 3 unspecified atom stereocenters. The van der Waals surface area contributed by atoms with Gasteiger partial charge in [-0.1, -0.05) is 0 Å². The quantitative estimate of drug-likeness (QED) is 0.918. The third-order valence-electron chi connectivity index (χ3n) is 3.26. The Balaban J connectivity index is 1.84. The minimum Gasteiger partial charge on any atom is -0.378 e. The van der Waals surface area contributed by atoms with Gasteiger partial charge < -0.3 is 10.1 Å². The lowest BCUT2D eigenvalue weighted by molar-refractivity contribution is 0.105. The Morgan fingerprint density at radius 1 is 1.69 bits per heavy atom. The molecule has 16 heavy (non-hydrogen) atoms. The van der Waals surface area contributed by atoms with Crippen molar-refractivity contribution in [3.8, 4) is 0 Å². The summed E-state index contributed by atoms with van der Waals surface area (Å²) in [6.45, 7) is 6.36. The highest BCUT2D eigenvalue weighted by molar-refractivity contribution is 9.10. The molecule has 3 atom stereocenters. The van der Waals surface area contributed by atoms with Crippen LogP contribution in [0.25, 0.3) is 0 Å². The molecule has 1 aromatic heterocycles. The standard InChI is InChI=1S/C12H18BrNOS/c1-8(12-11(13)4-6-16-12)14-7-10-3-5-15-9(10)2/h4,6,8-10,14H,3,5,7H2,1-2H3. The van der Waals surface area contributed by atoms with Crippen molar-refractivity contribution in [2.45, 2.75) is 32.4 Å². The van der Waals surface area contributed by atoms with Crippen LogP contribution < -0.4 is 5.32 Å². The van der Waals surface area contributed by atoms with Gasteiger partial charge in [0, 0.05) is 28.5 Å². The van der Waals surface area contributed by atoms with Crippen molar-refractivity contribution in [3.63, 3.8) is 0 Å². The third-order valence-corrected chi connectivity index (χ3v) is 5.31. The topological polar surface area (TPSA) is 21.3 Å². The average molecular weight is 304 g/mol. The minimum absolute atomic E-state index is 0.409. The third kappa shape index (κ3) is 2.86. The number of rotatable bonds is 4. The molecule has 1 saturated heterocycles. The van der Waals surface area contributed by atoms with Crippen LogP contribution in [0, 0.1) is 5.92 Å². The van der Waals surface area contributed by atoms with Crippen LogP contribution in [0.1, 0.15) is 31.2 Å². The fourth-order valence-corrected chi connectivity index (χ4v) is 3.83. The van der Waals surface area contributed by atoms with E-state index in [2.05, 4.69) is 46.5 Å². The molecule has 0 radical (unpaired) electrons. The Kier molecular flexibility index (Phi) is 4.41. The lowest BCUT2D eigenvalue weighted by Crippen LogP contribution is -2.28. The van der Waals surface area contributed by atoms with Crippen molar-refractivity contribution in [2.24, 2.45) is 5.92 Å². The van der Waals surface area contributed by atoms with Crippen molar-refractivity contribution in [3.05, 3.63) is 20.8 Å². The molecule has 0 spiro atoms. The van der Waals surface area contributed by atoms with E-state index in [0.717, 1.165) is 13.2 Å². The predicted octanol–water partition coefficient (Wildman–Crippen LogP) is 3.59. The molecule has 0 bridgehead atoms. The van der Waals surface area contributed by atoms with Gasteiger partial charge in [0.05, 0.1) is 6.10 Å². The minimum atomic E-state index is 0.409. The first-order valence-electron chi connectivity index (χ1n) is 5.76. The molecular weight excluding hydrogens is 286 g/mol. The van der Waals surface area contributed by atoms with Gasteiger partial charge >= 0.3 is 0 Å². The van der Waals surface area contributed by atoms with E-state index < -0.39 is 0 Å². The zero-order valence-electron chi connectivity index (χ0n) is 9.70. The smallest absolute Gasteiger partial charge is 0.0588 e. The molecular formula is C12H18BrNOS. The molecule has 0 amide bonds. The highest BCUT2D eigenvalue weighted by Gasteiger charge is 2.24. The fourth-order valence-electron chi connectivity index (χ4n) is 2.08. The van der Waals surface area contributed by atoms with E-state index in [4.69, 9.17) is 4.74 Å². The molecule has 2 rings (SSSR count). The Bertz CT molecular complexity index is 342. The maximum atomic E-state index is 5.57. The van der Waals surface area contributed by atoms with E-state index in [-0.39, 0.29) is 0 Å². The first-order chi connectivity index (χ1) is 7.68. The summed E-state index contributed by atoms with van der Waals surface area (Å²) in [5, 5.41) is 5.72. The molecule has 0 aliphatic carbocycles. The van der Waals surface area contributed by atoms with Gasteiger partial charge in [-0.2, -0.15) is 0 Å². The zero-order valence-corrected chi connectivity index (χ0v) is 12.1. The van der Waals surface area contributed by atoms with Crippen LogP contribution in [0.2, 0.25) is 0 Å². The molecule has 2 nitrogen and oxygen atoms in total. The van der Waals surface area contributed by atoms with Crippen LogP contribution in [0.3, 0.4) is 0 Å². The van der Waals surface area contributed by atoms with E-state index in [0.29, 0.717) is 18.1 Å². The number of hydrogen-bond acceptors (Lipinski definition) is 3. The second-order valence-electron chi connectivity index (χ2n) is 4.39. The van der Waals surface area contributed by atoms with Crippen molar-refractivity contribution >= 4 is 27.3 Å². The van der Waals surface area contributed by atoms with Crippen LogP contribution in [-0.2, 0) is 4.74 Å². The molecule has 1 aliphatic rings. The van der Waals surface area contributed by atoms with Gasteiger partial charge in [-0.25, -0.2) is 0 Å². The van der Waals surface area contributed by atoms with Crippen molar-refractivity contribution < 1.29 is 4.74 Å². The highest BCUT2D eigenvalue weighted by atomic mass is 79.9. The number of thiophene rings is 1. The van der Waals surface area contributed by atoms with Gasteiger partial charge in [0.15, 0.2) is 0 Å². The Hall–Kier alpha value is 0.100. The zero-order chi connectivity index (χ0) is 11.5. The van der Waals surface area contributed by atoms with E-state index in [1.807, 2.05) is 0 Å². The SMILES string of the molecule is CC(NCC1CCOC1C)c1sccc1Br. The molecule has 0 aromatic carbocycles. The van der Waals surface area contributed by atoms with Crippen LogP contribution >= 0.6 is 27.3 Å². The monoisotopic (exact) mass is 303 g/mol. The molecule has 90 valence electrons. The highest BCUT2D eigenvalue weighted by Crippen LogP contribution is 2.29. The van der Waals surface area contributed by atoms with Crippen LogP contribution in [-0.4, -0.2) is 19.3 Å². The maximum Gasteiger partial charge on any atom is 0.0588 e. The summed E-state index contributed by atoms with van der Waals surface area (Å²) in [7, 11) is 0. The van der Waals surface area contributed by atoms with E-state index in [1.165, 1.54) is 15.8 Å². The molecule has 4 heteroatoms. The van der Waals surface area contributed by atoms with Crippen LogP contribution in [0.5, 0.6) is 0 Å². The molecule has 0 saturated carbocycles. The number of nitrogens with one attached hydrogen (secondary N) is 1. The second kappa shape index (κ2) is 5.63. The maximum absolute atomic E-state index is 5.57. The largest absolute Gasteiger partial charge is 0.378 e. The van der Waals surface area contributed by atoms with Crippen molar-refractivity contribution in [1.82, 2.24) is 5.32 Å². The Morgan fingerprint density at radius 2 is 2.50 bits per heavy atom. The van der Waals surface area contributed by atoms with Crippen LogP contribution in [0.4, 0.5) is 0 Å². The first kappa shape index (κ1) is 12.6. The summed E-state index contributed by atoms with van der Waals surface area (Å²) in [6, 6.07) is 2.53. The van der Waals surface area contributed by atoms with E-state index in [1.54, 1.807) is 11.3 Å². The van der Waals surface area contributed by atoms with Crippen molar-refractivity contribution in [1.29, 1.82) is 0 Å². The summed E-state index contributed by atoms with van der Waals surface area (Å²) in [5.74, 6) is 0.668. The van der Waals surface area contributed by atoms with Gasteiger partial charge in [0.2, 0.25) is 0 Å². The molecule has 1 fully saturated rings. The normalized spacial score (nSPS) is 27.2. The Labute approximate surface area is 110 Å². The molecule has 1 N–H and O–H groups in total. The lowest BCUT2D eigenvalue weighted by atomic mass is 10.0. The Morgan fingerprint density at radius 3 is 3.06 bits per heavy atom. The van der Waals surface area contributed by atoms with Crippen molar-refractivity contribution in [2.75, 3.05) is 13.2 Å². The molecule has 1 aromatic rings. The summed E-state index contributed by atoms with van der Waals surface area (Å²) < 4.78 is 6.78. The second-order valence-corrected chi connectivity index (χ2v) is 6.19. The predicted molar refractivity (Wildman–Crippen MR) is 72.0 cm³/mol. The van der Waals surface area contributed by atoms with E-state index >= 15 is 0 Å². The summed E-state index contributed by atoms with van der Waals surface area (Å²) in [6.07, 6.45) is 1.60. The summed E-state index contributed by atoms with van der Waals surface area (Å²) >= 11 is 5.38. The summed E-state index contributed by atoms with van der Waals surface area (Å²) in [4.78, 5) is 1.38. The van der Waals surface area contributed by atoms with Gasteiger partial charge in [-0.3, -0.25) is 0 Å². The number of hydrogen-bond donors (Lipinski definition) is 1. The van der Waals surface area contributed by atoms with Crippen LogP contribution in [0.15, 0.2) is 15.9 Å². The average Bonchev–Trinajstić information content (AvgIpc) is 2.84. The molecule has 2 heterocycles. The lowest BCUT2D eigenvalue weighted by Gasteiger charge is -2.18. The van der Waals surface area contributed by atoms with Gasteiger partial charge in [0.25, 0.3) is 0 Å². The van der Waals surface area contributed by atoms with E-state index in [9.17, 15) is 0 Å². The van der Waals surface area contributed by atoms with Gasteiger partial charge in [0.1, 0.15) is 0 Å². The number of halogens is 1. The summed E-state index contributed by atoms with van der Waals surface area (Å²) in [5.41, 5.74) is 0. The fraction of sp³-hybridized carbons (Fsp3) is 0.667. The van der Waals surface area contributed by atoms with Gasteiger partial charge in [-0.05, 0) is 53.6 Å².